The summed E-state index contributed by atoms with van der Waals surface area (Å²) in [5.74, 6) is 0. The topological polar surface area (TPSA) is 182 Å². The fourth-order valence-electron chi connectivity index (χ4n) is 8.14. The van der Waals surface area contributed by atoms with Gasteiger partial charge in [-0.3, -0.25) is 0 Å². The molecule has 9 heteroatoms. The van der Waals surface area contributed by atoms with E-state index in [2.05, 4.69) is 45.9 Å². The second-order valence-corrected chi connectivity index (χ2v) is 21.2. The Balaban J connectivity index is 4.40. The van der Waals surface area contributed by atoms with Crippen LogP contribution in [0.4, 0.5) is 0 Å². The SMILES string of the molecule is CC(C)=CCCC(C)(O)CCCC(C)(O)CCCC(C)(O)CCCC(C)(O)CCCC(C)(O)CCCC(C)(O)CCC/C(C)=C/CC/C(C)=C/CCC(C)(O)C(O)CO. The van der Waals surface area contributed by atoms with Gasteiger partial charge in [0.15, 0.2) is 0 Å². The van der Waals surface area contributed by atoms with Crippen molar-refractivity contribution >= 4 is 0 Å². The van der Waals surface area contributed by atoms with Gasteiger partial charge in [-0.2, -0.15) is 0 Å². The smallest absolute Gasteiger partial charge is 0.105 e. The van der Waals surface area contributed by atoms with Crippen LogP contribution in [0.3, 0.4) is 0 Å². The van der Waals surface area contributed by atoms with Crippen molar-refractivity contribution in [3.63, 3.8) is 0 Å². The highest BCUT2D eigenvalue weighted by molar-refractivity contribution is 5.04. The molecule has 9 nitrogen and oxygen atoms in total. The lowest BCUT2D eigenvalue weighted by Crippen LogP contribution is -2.41. The molecule has 9 N–H and O–H groups in total. The minimum absolute atomic E-state index is 0.386. The summed E-state index contributed by atoms with van der Waals surface area (Å²) in [6, 6.07) is 0. The predicted octanol–water partition coefficient (Wildman–Crippen LogP) is 9.82. The highest BCUT2D eigenvalue weighted by Gasteiger charge is 2.30. The van der Waals surface area contributed by atoms with Gasteiger partial charge in [-0.1, -0.05) is 34.9 Å². The van der Waals surface area contributed by atoms with E-state index < -0.39 is 51.9 Å². The number of aliphatic hydroxyl groups excluding tert-OH is 2. The van der Waals surface area contributed by atoms with Crippen LogP contribution < -0.4 is 0 Å². The fraction of sp³-hybridized carbons (Fsp3) is 0.880. The van der Waals surface area contributed by atoms with Gasteiger partial charge in [0.2, 0.25) is 0 Å². The van der Waals surface area contributed by atoms with Gasteiger partial charge in [0.05, 0.1) is 45.8 Å². The maximum absolute atomic E-state index is 11.1. The largest absolute Gasteiger partial charge is 0.394 e. The van der Waals surface area contributed by atoms with Crippen LogP contribution in [0.15, 0.2) is 34.9 Å². The van der Waals surface area contributed by atoms with Crippen molar-refractivity contribution in [2.75, 3.05) is 6.61 Å². The lowest BCUT2D eigenvalue weighted by atomic mass is 9.83. The Bertz CT molecular complexity index is 1220. The van der Waals surface area contributed by atoms with Gasteiger partial charge in [-0.15, -0.1) is 0 Å². The van der Waals surface area contributed by atoms with Crippen LogP contribution in [-0.2, 0) is 0 Å². The van der Waals surface area contributed by atoms with E-state index in [-0.39, 0.29) is 0 Å². The summed E-state index contributed by atoms with van der Waals surface area (Å²) in [6.07, 6.45) is 21.7. The summed E-state index contributed by atoms with van der Waals surface area (Å²) in [7, 11) is 0. The van der Waals surface area contributed by atoms with Crippen molar-refractivity contribution in [2.24, 2.45) is 0 Å². The summed E-state index contributed by atoms with van der Waals surface area (Å²) in [4.78, 5) is 0. The third-order valence-corrected chi connectivity index (χ3v) is 12.7. The van der Waals surface area contributed by atoms with Gasteiger partial charge in [-0.25, -0.2) is 0 Å². The Hall–Kier alpha value is -1.14. The summed E-state index contributed by atoms with van der Waals surface area (Å²) in [5.41, 5.74) is -2.53. The van der Waals surface area contributed by atoms with Crippen LogP contribution in [0.1, 0.15) is 230 Å². The Morgan fingerprint density at radius 3 is 1.02 bits per heavy atom. The molecule has 8 atom stereocenters. The molecular formula is C50H96O9. The molecule has 0 rings (SSSR count). The molecule has 0 radical (unpaired) electrons. The second-order valence-electron chi connectivity index (χ2n) is 21.2. The van der Waals surface area contributed by atoms with Crippen molar-refractivity contribution < 1.29 is 46.0 Å². The summed E-state index contributed by atoms with van der Waals surface area (Å²) < 4.78 is 0. The molecule has 0 aromatic carbocycles. The normalized spacial score (nSPS) is 20.6. The first-order valence-electron chi connectivity index (χ1n) is 23.2. The third-order valence-electron chi connectivity index (χ3n) is 12.7. The van der Waals surface area contributed by atoms with Gasteiger partial charge in [0.25, 0.3) is 0 Å². The zero-order chi connectivity index (χ0) is 45.6. The molecule has 59 heavy (non-hydrogen) atoms. The summed E-state index contributed by atoms with van der Waals surface area (Å²) in [6.45, 7) is 20.5. The van der Waals surface area contributed by atoms with E-state index in [9.17, 15) is 40.9 Å². The third kappa shape index (κ3) is 31.4. The average Bonchev–Trinajstić information content (AvgIpc) is 3.06. The summed E-state index contributed by atoms with van der Waals surface area (Å²) >= 11 is 0. The van der Waals surface area contributed by atoms with E-state index in [0.29, 0.717) is 116 Å². The molecule has 0 bridgehead atoms. The Morgan fingerprint density at radius 2 is 0.678 bits per heavy atom. The quantitative estimate of drug-likeness (QED) is 0.0281. The van der Waals surface area contributed by atoms with Gasteiger partial charge in [0.1, 0.15) is 6.10 Å². The number of rotatable bonds is 35. The van der Waals surface area contributed by atoms with Crippen LogP contribution in [0.25, 0.3) is 0 Å². The Kier molecular flexibility index (Phi) is 26.6. The first-order chi connectivity index (χ1) is 26.9. The highest BCUT2D eigenvalue weighted by atomic mass is 16.4. The second kappa shape index (κ2) is 27.1. The minimum atomic E-state index is -1.30. The summed E-state index contributed by atoms with van der Waals surface area (Å²) in [5, 5.41) is 94.9. The molecule has 0 aromatic rings. The van der Waals surface area contributed by atoms with Crippen molar-refractivity contribution in [1.82, 2.24) is 0 Å². The van der Waals surface area contributed by atoms with E-state index >= 15 is 0 Å². The monoisotopic (exact) mass is 841 g/mol. The standard InChI is InChI=1S/C50H96O9/c1-40(2)21-13-26-44(5,53)28-16-30-46(7,55)32-18-34-48(9,57)36-20-37-49(10,58)35-19-33-47(8,56)31-17-29-45(6,54)27-14-24-41(3)22-12-23-42(4)25-15-38-50(11,59)43(52)39-51/h21-22,25,43,51-59H,12-20,23-24,26-39H2,1-11H3/b41-22+,42-25+. The molecule has 350 valence electrons. The van der Waals surface area contributed by atoms with E-state index in [1.807, 2.05) is 41.5 Å². The van der Waals surface area contributed by atoms with Gasteiger partial charge < -0.3 is 46.0 Å². The molecule has 0 fully saturated rings. The molecule has 0 aliphatic heterocycles. The van der Waals surface area contributed by atoms with E-state index in [1.165, 1.54) is 16.7 Å². The molecular weight excluding hydrogens is 745 g/mol. The number of aliphatic hydroxyl groups is 9. The fourth-order valence-corrected chi connectivity index (χ4v) is 8.14. The van der Waals surface area contributed by atoms with E-state index in [1.54, 1.807) is 6.92 Å². The van der Waals surface area contributed by atoms with Crippen molar-refractivity contribution in [3.8, 4) is 0 Å². The predicted molar refractivity (Wildman–Crippen MR) is 245 cm³/mol. The number of hydrogen-bond donors (Lipinski definition) is 9. The molecule has 8 unspecified atom stereocenters. The molecule has 0 aromatic heterocycles. The molecule has 0 saturated carbocycles. The van der Waals surface area contributed by atoms with Crippen LogP contribution in [0, 0.1) is 0 Å². The lowest BCUT2D eigenvalue weighted by Gasteiger charge is -2.30. The van der Waals surface area contributed by atoms with Crippen LogP contribution in [-0.4, -0.2) is 97.9 Å². The van der Waals surface area contributed by atoms with Crippen LogP contribution in [0.2, 0.25) is 0 Å². The molecule has 0 aliphatic carbocycles. The van der Waals surface area contributed by atoms with E-state index in [4.69, 9.17) is 5.11 Å². The van der Waals surface area contributed by atoms with Crippen LogP contribution in [0.5, 0.6) is 0 Å². The van der Waals surface area contributed by atoms with Gasteiger partial charge in [0, 0.05) is 0 Å². The Labute approximate surface area is 362 Å². The number of hydrogen-bond acceptors (Lipinski definition) is 9. The molecule has 0 spiro atoms. The van der Waals surface area contributed by atoms with Crippen LogP contribution >= 0.6 is 0 Å². The van der Waals surface area contributed by atoms with E-state index in [0.717, 1.165) is 38.5 Å². The van der Waals surface area contributed by atoms with Crippen molar-refractivity contribution in [3.05, 3.63) is 34.9 Å². The van der Waals surface area contributed by atoms with Gasteiger partial charge in [-0.05, 0) is 230 Å². The zero-order valence-corrected chi connectivity index (χ0v) is 40.0. The molecule has 0 heterocycles. The average molecular weight is 841 g/mol. The first kappa shape index (κ1) is 57.9. The van der Waals surface area contributed by atoms with Gasteiger partial charge >= 0.3 is 0 Å². The van der Waals surface area contributed by atoms with Crippen molar-refractivity contribution in [2.45, 2.75) is 276 Å². The molecule has 0 amide bonds. The molecule has 0 saturated heterocycles. The minimum Gasteiger partial charge on any atom is -0.394 e. The van der Waals surface area contributed by atoms with Crippen molar-refractivity contribution in [1.29, 1.82) is 0 Å². The first-order valence-corrected chi connectivity index (χ1v) is 23.2. The Morgan fingerprint density at radius 1 is 0.390 bits per heavy atom. The zero-order valence-electron chi connectivity index (χ0n) is 40.0. The maximum Gasteiger partial charge on any atom is 0.105 e. The molecule has 0 aliphatic rings. The highest BCUT2D eigenvalue weighted by Crippen LogP contribution is 2.32. The number of allylic oxidation sites excluding steroid dienone is 6. The maximum atomic E-state index is 11.1. The lowest BCUT2D eigenvalue weighted by molar-refractivity contribution is -0.0866.